The summed E-state index contributed by atoms with van der Waals surface area (Å²) in [5.74, 6) is -1.31. The predicted molar refractivity (Wildman–Crippen MR) is 131 cm³/mol. The second-order valence-electron chi connectivity index (χ2n) is 8.85. The molecule has 1 aliphatic rings. The topological polar surface area (TPSA) is 108 Å². The van der Waals surface area contributed by atoms with Crippen LogP contribution in [-0.2, 0) is 16.1 Å². The number of halogens is 1. The van der Waals surface area contributed by atoms with Gasteiger partial charge in [0.15, 0.2) is 0 Å². The van der Waals surface area contributed by atoms with Gasteiger partial charge in [-0.05, 0) is 58.6 Å². The van der Waals surface area contributed by atoms with Crippen molar-refractivity contribution in [3.05, 3.63) is 58.1 Å². The third-order valence-electron chi connectivity index (χ3n) is 6.62. The van der Waals surface area contributed by atoms with Crippen LogP contribution in [0, 0.1) is 5.41 Å². The van der Waals surface area contributed by atoms with Crippen molar-refractivity contribution in [3.8, 4) is 11.3 Å². The van der Waals surface area contributed by atoms with E-state index in [1.54, 1.807) is 24.0 Å². The summed E-state index contributed by atoms with van der Waals surface area (Å²) in [6, 6.07) is 12.1. The third kappa shape index (κ3) is 4.59. The molecular formula is C26H26BrNO6. The Hall–Kier alpha value is -3.13. The quantitative estimate of drug-likeness (QED) is 0.375. The van der Waals surface area contributed by atoms with E-state index in [1.165, 1.54) is 12.1 Å². The first-order chi connectivity index (χ1) is 16.2. The molecule has 178 valence electrons. The third-order valence-corrected chi connectivity index (χ3v) is 7.41. The average molecular weight is 528 g/mol. The number of aliphatic carboxylic acids is 1. The van der Waals surface area contributed by atoms with Crippen molar-refractivity contribution in [3.63, 3.8) is 0 Å². The molecule has 0 aliphatic heterocycles. The van der Waals surface area contributed by atoms with Gasteiger partial charge in [-0.25, -0.2) is 4.79 Å². The van der Waals surface area contributed by atoms with Crippen molar-refractivity contribution in [2.24, 2.45) is 5.41 Å². The fraction of sp³-hybridized carbons (Fsp3) is 0.346. The number of carboxylic acids is 2. The number of benzene rings is 2. The SMILES string of the molecule is CCC(=O)N(Cc1ccc2oc(-c3ccc(C(=O)O)cc3)c(Br)c2c1)CC1(C(=O)O)CCCC1. The lowest BCUT2D eigenvalue weighted by Gasteiger charge is -2.32. The smallest absolute Gasteiger partial charge is 0.335 e. The van der Waals surface area contributed by atoms with Crippen LogP contribution in [0.2, 0.25) is 0 Å². The second kappa shape index (κ2) is 9.62. The summed E-state index contributed by atoms with van der Waals surface area (Å²) in [7, 11) is 0. The molecular weight excluding hydrogens is 502 g/mol. The van der Waals surface area contributed by atoms with Gasteiger partial charge in [0.1, 0.15) is 11.3 Å². The van der Waals surface area contributed by atoms with Crippen LogP contribution >= 0.6 is 15.9 Å². The van der Waals surface area contributed by atoms with Crippen molar-refractivity contribution in [1.82, 2.24) is 4.90 Å². The monoisotopic (exact) mass is 527 g/mol. The van der Waals surface area contributed by atoms with Gasteiger partial charge in [-0.15, -0.1) is 0 Å². The van der Waals surface area contributed by atoms with E-state index < -0.39 is 17.4 Å². The van der Waals surface area contributed by atoms with Crippen molar-refractivity contribution in [1.29, 1.82) is 0 Å². The van der Waals surface area contributed by atoms with Crippen molar-refractivity contribution in [2.45, 2.75) is 45.6 Å². The van der Waals surface area contributed by atoms with Gasteiger partial charge >= 0.3 is 11.9 Å². The zero-order valence-electron chi connectivity index (χ0n) is 18.8. The van der Waals surface area contributed by atoms with Crippen LogP contribution in [0.5, 0.6) is 0 Å². The first-order valence-corrected chi connectivity index (χ1v) is 12.1. The highest BCUT2D eigenvalue weighted by Gasteiger charge is 2.43. The largest absolute Gasteiger partial charge is 0.481 e. The molecule has 1 saturated carbocycles. The fourth-order valence-corrected chi connectivity index (χ4v) is 5.32. The average Bonchev–Trinajstić information content (AvgIpc) is 3.44. The van der Waals surface area contributed by atoms with Crippen LogP contribution in [-0.4, -0.2) is 39.5 Å². The molecule has 2 aromatic carbocycles. The number of fused-ring (bicyclic) bond motifs is 1. The van der Waals surface area contributed by atoms with E-state index in [1.807, 2.05) is 18.2 Å². The van der Waals surface area contributed by atoms with Gasteiger partial charge in [-0.1, -0.05) is 38.0 Å². The van der Waals surface area contributed by atoms with E-state index in [0.29, 0.717) is 37.2 Å². The molecule has 3 aromatic rings. The zero-order chi connectivity index (χ0) is 24.5. The van der Waals surface area contributed by atoms with Gasteiger partial charge < -0.3 is 19.5 Å². The minimum atomic E-state index is -0.992. The highest BCUT2D eigenvalue weighted by Crippen LogP contribution is 2.41. The standard InChI is InChI=1S/C26H26BrNO6/c1-2-21(29)28(15-26(25(32)33)11-3-4-12-26)14-16-5-10-20-19(13-16)22(27)23(34-20)17-6-8-18(9-7-17)24(30)31/h5-10,13H,2-4,11-12,14-15H2,1H3,(H,30,31)(H,32,33). The summed E-state index contributed by atoms with van der Waals surface area (Å²) in [5.41, 5.74) is 1.59. The molecule has 7 nitrogen and oxygen atoms in total. The molecule has 1 heterocycles. The minimum absolute atomic E-state index is 0.0712. The fourth-order valence-electron chi connectivity index (χ4n) is 4.70. The molecule has 0 radical (unpaired) electrons. The van der Waals surface area contributed by atoms with Crippen molar-refractivity contribution < 1.29 is 29.0 Å². The second-order valence-corrected chi connectivity index (χ2v) is 9.65. The molecule has 1 fully saturated rings. The van der Waals surface area contributed by atoms with E-state index in [4.69, 9.17) is 9.52 Å². The number of hydrogen-bond acceptors (Lipinski definition) is 4. The highest BCUT2D eigenvalue weighted by atomic mass is 79.9. The van der Waals surface area contributed by atoms with Crippen LogP contribution in [0.4, 0.5) is 0 Å². The van der Waals surface area contributed by atoms with E-state index in [9.17, 15) is 19.5 Å². The molecule has 0 saturated heterocycles. The Morgan fingerprint density at radius 2 is 1.74 bits per heavy atom. The molecule has 0 unspecified atom stereocenters. The highest BCUT2D eigenvalue weighted by molar-refractivity contribution is 9.10. The molecule has 4 rings (SSSR count). The Morgan fingerprint density at radius 3 is 2.32 bits per heavy atom. The van der Waals surface area contributed by atoms with Crippen LogP contribution in [0.15, 0.2) is 51.4 Å². The number of rotatable bonds is 8. The summed E-state index contributed by atoms with van der Waals surface area (Å²) in [5, 5.41) is 19.8. The van der Waals surface area contributed by atoms with Gasteiger partial charge in [0.2, 0.25) is 5.91 Å². The number of carboxylic acid groups (broad SMARTS) is 2. The van der Waals surface area contributed by atoms with Gasteiger partial charge in [-0.2, -0.15) is 0 Å². The molecule has 0 spiro atoms. The lowest BCUT2D eigenvalue weighted by Crippen LogP contribution is -2.43. The zero-order valence-corrected chi connectivity index (χ0v) is 20.4. The van der Waals surface area contributed by atoms with Gasteiger partial charge in [0.05, 0.1) is 15.5 Å². The number of aromatic carboxylic acids is 1. The lowest BCUT2D eigenvalue weighted by molar-refractivity contribution is -0.151. The number of furan rings is 1. The van der Waals surface area contributed by atoms with Gasteiger partial charge in [0, 0.05) is 30.5 Å². The van der Waals surface area contributed by atoms with Gasteiger partial charge in [-0.3, -0.25) is 9.59 Å². The number of hydrogen-bond donors (Lipinski definition) is 2. The van der Waals surface area contributed by atoms with E-state index in [2.05, 4.69) is 15.9 Å². The normalized spacial score (nSPS) is 14.9. The summed E-state index contributed by atoms with van der Waals surface area (Å²) >= 11 is 3.61. The van der Waals surface area contributed by atoms with Crippen LogP contribution < -0.4 is 0 Å². The maximum atomic E-state index is 12.7. The molecule has 8 heteroatoms. The van der Waals surface area contributed by atoms with Crippen LogP contribution in [0.1, 0.15) is 54.9 Å². The van der Waals surface area contributed by atoms with Crippen molar-refractivity contribution >= 4 is 44.7 Å². The molecule has 34 heavy (non-hydrogen) atoms. The maximum absolute atomic E-state index is 12.7. The number of amides is 1. The Morgan fingerprint density at radius 1 is 1.06 bits per heavy atom. The number of nitrogens with zero attached hydrogens (tertiary/aromatic N) is 1. The first-order valence-electron chi connectivity index (χ1n) is 11.3. The summed E-state index contributed by atoms with van der Waals surface area (Å²) in [6.45, 7) is 2.31. The van der Waals surface area contributed by atoms with E-state index in [-0.39, 0.29) is 18.0 Å². The number of carbonyl (C=O) groups is 3. The van der Waals surface area contributed by atoms with Gasteiger partial charge in [0.25, 0.3) is 0 Å². The van der Waals surface area contributed by atoms with Crippen LogP contribution in [0.25, 0.3) is 22.3 Å². The molecule has 1 aliphatic carbocycles. The molecule has 1 amide bonds. The van der Waals surface area contributed by atoms with Crippen LogP contribution in [0.3, 0.4) is 0 Å². The molecule has 2 N–H and O–H groups in total. The maximum Gasteiger partial charge on any atom is 0.335 e. The number of carbonyl (C=O) groups excluding carboxylic acids is 1. The summed E-state index contributed by atoms with van der Waals surface area (Å²) < 4.78 is 6.75. The Labute approximate surface area is 205 Å². The Bertz CT molecular complexity index is 1240. The molecule has 0 atom stereocenters. The first kappa shape index (κ1) is 24.0. The van der Waals surface area contributed by atoms with Crippen molar-refractivity contribution in [2.75, 3.05) is 6.54 Å². The summed E-state index contributed by atoms with van der Waals surface area (Å²) in [4.78, 5) is 37.6. The summed E-state index contributed by atoms with van der Waals surface area (Å²) in [6.07, 6.45) is 3.22. The molecule has 1 aromatic heterocycles. The lowest BCUT2D eigenvalue weighted by atomic mass is 9.85. The Balaban J connectivity index is 1.63. The molecule has 0 bridgehead atoms. The Kier molecular flexibility index (Phi) is 6.79. The van der Waals surface area contributed by atoms with E-state index >= 15 is 0 Å². The predicted octanol–water partition coefficient (Wildman–Crippen LogP) is 5.94. The van der Waals surface area contributed by atoms with E-state index in [0.717, 1.165) is 33.8 Å². The minimum Gasteiger partial charge on any atom is -0.481 e.